The molecule has 1 aliphatic heterocycles. The number of sulfonamides is 1. The number of hydrogen-bond donors (Lipinski definition) is 4. The van der Waals surface area contributed by atoms with Crippen molar-refractivity contribution in [1.82, 2.24) is 19.9 Å². The first kappa shape index (κ1) is 31.0. The van der Waals surface area contributed by atoms with E-state index in [0.29, 0.717) is 12.8 Å². The summed E-state index contributed by atoms with van der Waals surface area (Å²) in [5, 5.41) is 13.4. The zero-order valence-electron chi connectivity index (χ0n) is 24.4. The van der Waals surface area contributed by atoms with Crippen LogP contribution in [-0.2, 0) is 37.2 Å². The van der Waals surface area contributed by atoms with Crippen LogP contribution in [0.4, 0.5) is 0 Å². The normalized spacial score (nSPS) is 15.5. The molecule has 0 saturated carbocycles. The number of aromatic amines is 1. The third-order valence-electron chi connectivity index (χ3n) is 8.10. The van der Waals surface area contributed by atoms with Gasteiger partial charge in [0.15, 0.2) is 0 Å². The van der Waals surface area contributed by atoms with Crippen molar-refractivity contribution in [3.8, 4) is 0 Å². The van der Waals surface area contributed by atoms with Crippen LogP contribution in [0.25, 0.3) is 10.9 Å². The van der Waals surface area contributed by atoms with E-state index >= 15 is 0 Å². The number of fused-ring (bicyclic) bond motifs is 1. The van der Waals surface area contributed by atoms with Gasteiger partial charge < -0.3 is 20.3 Å². The maximum Gasteiger partial charge on any atom is 0.326 e. The summed E-state index contributed by atoms with van der Waals surface area (Å²) in [4.78, 5) is 43.7. The van der Waals surface area contributed by atoms with E-state index in [1.54, 1.807) is 23.2 Å². The zero-order chi connectivity index (χ0) is 31.3. The number of benzene rings is 3. The lowest BCUT2D eigenvalue weighted by molar-refractivity contribution is -0.143. The fourth-order valence-corrected chi connectivity index (χ4v) is 6.78. The highest BCUT2D eigenvalue weighted by Crippen LogP contribution is 2.22. The highest BCUT2D eigenvalue weighted by Gasteiger charge is 2.34. The molecule has 2 atom stereocenters. The third-order valence-corrected chi connectivity index (χ3v) is 9.59. The number of para-hydroxylation sites is 1. The van der Waals surface area contributed by atoms with E-state index in [4.69, 9.17) is 0 Å². The highest BCUT2D eigenvalue weighted by atomic mass is 32.2. The number of likely N-dealkylation sites (tertiary alicyclic amines) is 1. The number of nitrogens with zero attached hydrogens (tertiary/aromatic N) is 1. The van der Waals surface area contributed by atoms with Crippen LogP contribution in [-0.4, -0.2) is 66.4 Å². The van der Waals surface area contributed by atoms with E-state index in [-0.39, 0.29) is 42.6 Å². The molecule has 5 rings (SSSR count). The van der Waals surface area contributed by atoms with Crippen molar-refractivity contribution in [2.45, 2.75) is 49.6 Å². The number of carbonyl (C=O) groups excluding carboxylic acids is 2. The molecule has 4 aromatic rings. The summed E-state index contributed by atoms with van der Waals surface area (Å²) in [5.74, 6) is -2.34. The number of carboxylic acids is 1. The minimum atomic E-state index is -3.98. The quantitative estimate of drug-likeness (QED) is 0.203. The third kappa shape index (κ3) is 7.35. The molecule has 230 valence electrons. The van der Waals surface area contributed by atoms with Gasteiger partial charge in [0.25, 0.3) is 0 Å². The van der Waals surface area contributed by atoms with Gasteiger partial charge >= 0.3 is 5.97 Å². The topological polar surface area (TPSA) is 149 Å². The Kier molecular flexibility index (Phi) is 9.46. The van der Waals surface area contributed by atoms with Gasteiger partial charge in [-0.3, -0.25) is 9.59 Å². The summed E-state index contributed by atoms with van der Waals surface area (Å²) in [6.45, 7) is 2.35. The Morgan fingerprint density at radius 3 is 2.25 bits per heavy atom. The average molecular weight is 617 g/mol. The minimum Gasteiger partial charge on any atom is -0.480 e. The van der Waals surface area contributed by atoms with Gasteiger partial charge in [-0.15, -0.1) is 0 Å². The number of rotatable bonds is 11. The number of aromatic nitrogens is 1. The van der Waals surface area contributed by atoms with Crippen molar-refractivity contribution in [2.75, 3.05) is 13.1 Å². The molecule has 0 radical (unpaired) electrons. The van der Waals surface area contributed by atoms with E-state index in [1.807, 2.05) is 61.5 Å². The number of carbonyl (C=O) groups is 3. The van der Waals surface area contributed by atoms with Crippen molar-refractivity contribution in [3.05, 3.63) is 102 Å². The standard InChI is InChI=1S/C33H36N4O6S/c1-22-11-13-26(14-12-22)44(42,43)36-29(19-23-7-3-2-4-8-23)32(39)37-17-15-24(16-18-37)31(38)35-30(33(40)41)20-25-21-34-28-10-6-5-9-27(25)28/h2-14,21,24,29-30,34,36H,15-20H2,1H3,(H,35,38)(H,40,41)/t29-,30-/m0/s1. The fourth-order valence-electron chi connectivity index (χ4n) is 5.59. The summed E-state index contributed by atoms with van der Waals surface area (Å²) < 4.78 is 29.1. The first-order valence-electron chi connectivity index (χ1n) is 14.6. The van der Waals surface area contributed by atoms with Gasteiger partial charge in [0.05, 0.1) is 4.90 Å². The Bertz CT molecular complexity index is 1730. The first-order valence-corrected chi connectivity index (χ1v) is 16.1. The smallest absolute Gasteiger partial charge is 0.326 e. The summed E-state index contributed by atoms with van der Waals surface area (Å²) in [6.07, 6.45) is 2.72. The maximum atomic E-state index is 13.7. The molecule has 1 fully saturated rings. The van der Waals surface area contributed by atoms with Crippen molar-refractivity contribution >= 4 is 38.7 Å². The first-order chi connectivity index (χ1) is 21.1. The monoisotopic (exact) mass is 616 g/mol. The second-order valence-electron chi connectivity index (χ2n) is 11.2. The van der Waals surface area contributed by atoms with E-state index in [0.717, 1.165) is 27.6 Å². The van der Waals surface area contributed by atoms with Crippen LogP contribution in [0.2, 0.25) is 0 Å². The van der Waals surface area contributed by atoms with Crippen LogP contribution >= 0.6 is 0 Å². The van der Waals surface area contributed by atoms with Crippen molar-refractivity contribution in [2.24, 2.45) is 5.92 Å². The van der Waals surface area contributed by atoms with Crippen LogP contribution in [0.15, 0.2) is 90.0 Å². The van der Waals surface area contributed by atoms with Gasteiger partial charge in [-0.25, -0.2) is 13.2 Å². The van der Waals surface area contributed by atoms with Crippen molar-refractivity contribution < 1.29 is 27.9 Å². The van der Waals surface area contributed by atoms with Crippen LogP contribution in [0.1, 0.15) is 29.5 Å². The Balaban J connectivity index is 1.23. The van der Waals surface area contributed by atoms with Crippen LogP contribution in [0.3, 0.4) is 0 Å². The van der Waals surface area contributed by atoms with E-state index < -0.39 is 34.0 Å². The molecular formula is C33H36N4O6S. The van der Waals surface area contributed by atoms with Crippen LogP contribution in [0, 0.1) is 12.8 Å². The molecule has 0 unspecified atom stereocenters. The summed E-state index contributed by atoms with van der Waals surface area (Å²) in [7, 11) is -3.98. The Morgan fingerprint density at radius 2 is 1.57 bits per heavy atom. The Hall–Kier alpha value is -4.48. The van der Waals surface area contributed by atoms with Gasteiger partial charge in [-0.05, 0) is 55.5 Å². The van der Waals surface area contributed by atoms with Crippen LogP contribution < -0.4 is 10.0 Å². The molecule has 3 aromatic carbocycles. The summed E-state index contributed by atoms with van der Waals surface area (Å²) in [6, 6.07) is 21.0. The lowest BCUT2D eigenvalue weighted by Crippen LogP contribution is -2.53. The molecule has 2 heterocycles. The molecule has 1 saturated heterocycles. The molecule has 4 N–H and O–H groups in total. The molecule has 10 nitrogen and oxygen atoms in total. The number of aliphatic carboxylic acids is 1. The summed E-state index contributed by atoms with van der Waals surface area (Å²) in [5.41, 5.74) is 3.41. The second-order valence-corrected chi connectivity index (χ2v) is 13.0. The number of H-pyrrole nitrogens is 1. The second kappa shape index (κ2) is 13.4. The molecule has 0 aliphatic carbocycles. The van der Waals surface area contributed by atoms with Gasteiger partial charge in [0, 0.05) is 42.5 Å². The van der Waals surface area contributed by atoms with E-state index in [1.165, 1.54) is 12.1 Å². The molecule has 11 heteroatoms. The van der Waals surface area contributed by atoms with E-state index in [9.17, 15) is 27.9 Å². The predicted octanol–water partition coefficient (Wildman–Crippen LogP) is 3.42. The van der Waals surface area contributed by atoms with Crippen molar-refractivity contribution in [1.29, 1.82) is 0 Å². The van der Waals surface area contributed by atoms with E-state index in [2.05, 4.69) is 15.0 Å². The lowest BCUT2D eigenvalue weighted by atomic mass is 9.94. The number of aryl methyl sites for hydroxylation is 1. The van der Waals surface area contributed by atoms with Gasteiger partial charge in [-0.2, -0.15) is 4.72 Å². The number of carboxylic acid groups (broad SMARTS) is 1. The molecule has 0 bridgehead atoms. The molecule has 1 aromatic heterocycles. The lowest BCUT2D eigenvalue weighted by Gasteiger charge is -2.34. The Labute approximate surface area is 256 Å². The summed E-state index contributed by atoms with van der Waals surface area (Å²) >= 11 is 0. The van der Waals surface area contributed by atoms with Crippen molar-refractivity contribution in [3.63, 3.8) is 0 Å². The van der Waals surface area contributed by atoms with Crippen LogP contribution in [0.5, 0.6) is 0 Å². The molecule has 1 aliphatic rings. The average Bonchev–Trinajstić information content (AvgIpc) is 3.43. The number of hydrogen-bond acceptors (Lipinski definition) is 5. The number of piperidine rings is 1. The molecule has 0 spiro atoms. The fraction of sp³-hybridized carbons (Fsp3) is 0.303. The molecular weight excluding hydrogens is 580 g/mol. The molecule has 2 amide bonds. The van der Waals surface area contributed by atoms with Gasteiger partial charge in [0.2, 0.25) is 21.8 Å². The predicted molar refractivity (Wildman–Crippen MR) is 166 cm³/mol. The SMILES string of the molecule is Cc1ccc(S(=O)(=O)N[C@@H](Cc2ccccc2)C(=O)N2CCC(C(=O)N[C@@H](Cc3c[nH]c4ccccc34)C(=O)O)CC2)cc1. The largest absolute Gasteiger partial charge is 0.480 e. The Morgan fingerprint density at radius 1 is 0.909 bits per heavy atom. The number of amides is 2. The molecule has 44 heavy (non-hydrogen) atoms. The maximum absolute atomic E-state index is 13.7. The highest BCUT2D eigenvalue weighted by molar-refractivity contribution is 7.89. The van der Waals surface area contributed by atoms with Gasteiger partial charge in [-0.1, -0.05) is 66.2 Å². The van der Waals surface area contributed by atoms with Gasteiger partial charge in [0.1, 0.15) is 12.1 Å². The zero-order valence-corrected chi connectivity index (χ0v) is 25.2. The minimum absolute atomic E-state index is 0.0740. The number of nitrogens with one attached hydrogen (secondary N) is 3.